The number of carbonyl (C=O) groups is 1. The molecule has 0 radical (unpaired) electrons. The lowest BCUT2D eigenvalue weighted by Gasteiger charge is -2.11. The molecule has 0 aromatic carbocycles. The van der Waals surface area contributed by atoms with E-state index in [4.69, 9.17) is 5.11 Å². The molecule has 0 aliphatic rings. The molecule has 0 aromatic rings. The van der Waals surface area contributed by atoms with Gasteiger partial charge in [-0.25, -0.2) is 0 Å². The number of aliphatic hydroxyl groups excluding tert-OH is 2. The first-order valence-electron chi connectivity index (χ1n) is 7.29. The van der Waals surface area contributed by atoms with Gasteiger partial charge in [-0.1, -0.05) is 51.9 Å². The fourth-order valence-electron chi connectivity index (χ4n) is 1.87. The van der Waals surface area contributed by atoms with Gasteiger partial charge in [-0.05, 0) is 6.42 Å². The maximum Gasteiger partial charge on any atom is 0.221 e. The lowest BCUT2D eigenvalue weighted by Crippen LogP contribution is -2.35. The normalized spacial score (nSPS) is 12.4. The van der Waals surface area contributed by atoms with Crippen LogP contribution in [0.25, 0.3) is 0 Å². The van der Waals surface area contributed by atoms with E-state index in [1.165, 1.54) is 38.5 Å². The first kappa shape index (κ1) is 17.4. The molecule has 4 nitrogen and oxygen atoms in total. The summed E-state index contributed by atoms with van der Waals surface area (Å²) in [5, 5.41) is 20.3. The highest BCUT2D eigenvalue weighted by molar-refractivity contribution is 5.75. The molecule has 1 atom stereocenters. The Hall–Kier alpha value is -0.610. The molecule has 3 N–H and O–H groups in total. The van der Waals surface area contributed by atoms with Crippen molar-refractivity contribution in [1.82, 2.24) is 5.32 Å². The van der Waals surface area contributed by atoms with Crippen molar-refractivity contribution < 1.29 is 15.0 Å². The number of amides is 1. The highest BCUT2D eigenvalue weighted by Gasteiger charge is 2.07. The predicted molar refractivity (Wildman–Crippen MR) is 73.1 cm³/mol. The molecule has 0 aliphatic carbocycles. The Morgan fingerprint density at radius 2 is 1.61 bits per heavy atom. The fraction of sp³-hybridized carbons (Fsp3) is 0.929. The topological polar surface area (TPSA) is 69.6 Å². The maximum absolute atomic E-state index is 11.3. The third-order valence-electron chi connectivity index (χ3n) is 2.99. The Bertz CT molecular complexity index is 197. The first-order chi connectivity index (χ1) is 8.70. The number of aliphatic hydroxyl groups is 2. The van der Waals surface area contributed by atoms with Crippen LogP contribution in [0.4, 0.5) is 0 Å². The molecule has 0 aliphatic heterocycles. The second-order valence-electron chi connectivity index (χ2n) is 4.82. The van der Waals surface area contributed by atoms with Crippen LogP contribution in [-0.4, -0.2) is 29.0 Å². The standard InChI is InChI=1S/C14H29NO3/c1-2-3-4-5-6-7-8-9-10-13(17)15-14(18)11-12-16/h14,16,18H,2-12H2,1H3,(H,15,17). The Labute approximate surface area is 111 Å². The first-order valence-corrected chi connectivity index (χ1v) is 7.29. The van der Waals surface area contributed by atoms with Crippen LogP contribution in [0.3, 0.4) is 0 Å². The molecular formula is C14H29NO3. The van der Waals surface area contributed by atoms with Crippen molar-refractivity contribution in [2.24, 2.45) is 0 Å². The number of carbonyl (C=O) groups excluding carboxylic acids is 1. The summed E-state index contributed by atoms with van der Waals surface area (Å²) in [4.78, 5) is 11.3. The zero-order chi connectivity index (χ0) is 13.6. The van der Waals surface area contributed by atoms with Gasteiger partial charge < -0.3 is 15.5 Å². The summed E-state index contributed by atoms with van der Waals surface area (Å²) in [6.45, 7) is 2.10. The molecule has 0 saturated carbocycles. The number of nitrogens with one attached hydrogen (secondary N) is 1. The maximum atomic E-state index is 11.3. The summed E-state index contributed by atoms with van der Waals surface area (Å²) in [5.41, 5.74) is 0. The van der Waals surface area contributed by atoms with E-state index in [2.05, 4.69) is 12.2 Å². The van der Waals surface area contributed by atoms with Gasteiger partial charge in [-0.2, -0.15) is 0 Å². The Morgan fingerprint density at radius 1 is 1.06 bits per heavy atom. The van der Waals surface area contributed by atoms with Crippen LogP contribution in [0.5, 0.6) is 0 Å². The molecule has 18 heavy (non-hydrogen) atoms. The molecule has 0 aromatic heterocycles. The third kappa shape index (κ3) is 11.9. The van der Waals surface area contributed by atoms with Crippen molar-refractivity contribution in [1.29, 1.82) is 0 Å². The van der Waals surface area contributed by atoms with Gasteiger partial charge in [0.25, 0.3) is 0 Å². The van der Waals surface area contributed by atoms with Gasteiger partial charge in [0, 0.05) is 19.4 Å². The third-order valence-corrected chi connectivity index (χ3v) is 2.99. The summed E-state index contributed by atoms with van der Waals surface area (Å²) in [6.07, 6.45) is 9.39. The van der Waals surface area contributed by atoms with Crippen LogP contribution in [-0.2, 0) is 4.79 Å². The number of hydrogen-bond donors (Lipinski definition) is 3. The number of hydrogen-bond acceptors (Lipinski definition) is 3. The second-order valence-corrected chi connectivity index (χ2v) is 4.82. The van der Waals surface area contributed by atoms with Gasteiger partial charge in [0.15, 0.2) is 0 Å². The quantitative estimate of drug-likeness (QED) is 0.372. The summed E-state index contributed by atoms with van der Waals surface area (Å²) in [7, 11) is 0. The van der Waals surface area contributed by atoms with Crippen molar-refractivity contribution in [3.05, 3.63) is 0 Å². The summed E-state index contributed by atoms with van der Waals surface area (Å²) in [6, 6.07) is 0. The molecule has 0 fully saturated rings. The van der Waals surface area contributed by atoms with Crippen molar-refractivity contribution in [2.45, 2.75) is 77.4 Å². The van der Waals surface area contributed by atoms with Gasteiger partial charge in [-0.15, -0.1) is 0 Å². The average molecular weight is 259 g/mol. The van der Waals surface area contributed by atoms with Gasteiger partial charge >= 0.3 is 0 Å². The minimum absolute atomic E-state index is 0.112. The highest BCUT2D eigenvalue weighted by Crippen LogP contribution is 2.09. The van der Waals surface area contributed by atoms with E-state index in [0.29, 0.717) is 6.42 Å². The van der Waals surface area contributed by atoms with E-state index in [0.717, 1.165) is 12.8 Å². The molecule has 1 amide bonds. The molecule has 0 rings (SSSR count). The number of unbranched alkanes of at least 4 members (excludes halogenated alkanes) is 7. The molecular weight excluding hydrogens is 230 g/mol. The number of rotatable bonds is 12. The predicted octanol–water partition coefficient (Wildman–Crippen LogP) is 2.33. The van der Waals surface area contributed by atoms with Crippen molar-refractivity contribution in [3.63, 3.8) is 0 Å². The largest absolute Gasteiger partial charge is 0.396 e. The minimum Gasteiger partial charge on any atom is -0.396 e. The minimum atomic E-state index is -0.906. The molecule has 0 heterocycles. The summed E-state index contributed by atoms with van der Waals surface area (Å²) >= 11 is 0. The highest BCUT2D eigenvalue weighted by atomic mass is 16.3. The van der Waals surface area contributed by atoms with E-state index < -0.39 is 6.23 Å². The molecule has 108 valence electrons. The SMILES string of the molecule is CCCCCCCCCCC(=O)NC(O)CCO. The van der Waals surface area contributed by atoms with Crippen LogP contribution in [0.2, 0.25) is 0 Å². The van der Waals surface area contributed by atoms with E-state index in [1.54, 1.807) is 0 Å². The smallest absolute Gasteiger partial charge is 0.221 e. The van der Waals surface area contributed by atoms with Crippen molar-refractivity contribution in [3.8, 4) is 0 Å². The fourth-order valence-corrected chi connectivity index (χ4v) is 1.87. The van der Waals surface area contributed by atoms with Crippen molar-refractivity contribution >= 4 is 5.91 Å². The van der Waals surface area contributed by atoms with Crippen LogP contribution in [0.1, 0.15) is 71.1 Å². The van der Waals surface area contributed by atoms with Gasteiger partial charge in [0.1, 0.15) is 6.23 Å². The summed E-state index contributed by atoms with van der Waals surface area (Å²) in [5.74, 6) is -0.123. The zero-order valence-corrected chi connectivity index (χ0v) is 11.7. The molecule has 0 saturated heterocycles. The Kier molecular flexibility index (Phi) is 12.4. The lowest BCUT2D eigenvalue weighted by atomic mass is 10.1. The molecule has 0 bridgehead atoms. The molecule has 0 spiro atoms. The van der Waals surface area contributed by atoms with Crippen molar-refractivity contribution in [2.75, 3.05) is 6.61 Å². The van der Waals surface area contributed by atoms with Crippen LogP contribution >= 0.6 is 0 Å². The monoisotopic (exact) mass is 259 g/mol. The van der Waals surface area contributed by atoms with E-state index in [1.807, 2.05) is 0 Å². The Morgan fingerprint density at radius 3 is 2.17 bits per heavy atom. The second kappa shape index (κ2) is 12.8. The Balaban J connectivity index is 3.25. The van der Waals surface area contributed by atoms with E-state index >= 15 is 0 Å². The van der Waals surface area contributed by atoms with Crippen LogP contribution < -0.4 is 5.32 Å². The lowest BCUT2D eigenvalue weighted by molar-refractivity contribution is -0.124. The van der Waals surface area contributed by atoms with Crippen LogP contribution in [0, 0.1) is 0 Å². The summed E-state index contributed by atoms with van der Waals surface area (Å²) < 4.78 is 0. The zero-order valence-electron chi connectivity index (χ0n) is 11.7. The molecule has 1 unspecified atom stereocenters. The van der Waals surface area contributed by atoms with E-state index in [9.17, 15) is 9.90 Å². The molecule has 4 heteroatoms. The van der Waals surface area contributed by atoms with Gasteiger partial charge in [0.2, 0.25) is 5.91 Å². The van der Waals surface area contributed by atoms with Gasteiger partial charge in [0.05, 0.1) is 0 Å². The van der Waals surface area contributed by atoms with E-state index in [-0.39, 0.29) is 18.9 Å². The van der Waals surface area contributed by atoms with Gasteiger partial charge in [-0.3, -0.25) is 4.79 Å². The average Bonchev–Trinajstić information content (AvgIpc) is 2.32. The van der Waals surface area contributed by atoms with Crippen LogP contribution in [0.15, 0.2) is 0 Å².